The summed E-state index contributed by atoms with van der Waals surface area (Å²) in [5.74, 6) is 1.14. The average molecular weight is 473 g/mol. The topological polar surface area (TPSA) is 155 Å². The van der Waals surface area contributed by atoms with Gasteiger partial charge in [-0.15, -0.1) is 0 Å². The van der Waals surface area contributed by atoms with Crippen LogP contribution in [0.15, 0.2) is 47.4 Å². The van der Waals surface area contributed by atoms with Crippen molar-refractivity contribution in [3.8, 4) is 0 Å². The summed E-state index contributed by atoms with van der Waals surface area (Å²) in [6.45, 7) is 0.819. The van der Waals surface area contributed by atoms with Gasteiger partial charge in [-0.25, -0.2) is 9.97 Å². The average Bonchev–Trinajstić information content (AvgIpc) is 3.15. The van der Waals surface area contributed by atoms with Crippen LogP contribution in [0, 0.1) is 0 Å². The molecule has 5 rings (SSSR count). The van der Waals surface area contributed by atoms with Gasteiger partial charge < -0.3 is 20.9 Å². The molecule has 4 aromatic rings. The first-order valence-electron chi connectivity index (χ1n) is 10.9. The predicted octanol–water partition coefficient (Wildman–Crippen LogP) is 1.13. The lowest BCUT2D eigenvalue weighted by atomic mass is 10.1. The van der Waals surface area contributed by atoms with Crippen LogP contribution in [0.1, 0.15) is 16.2 Å². The molecule has 0 unspecified atom stereocenters. The minimum Gasteiger partial charge on any atom is -0.383 e. The number of pyridine rings is 3. The predicted molar refractivity (Wildman–Crippen MR) is 131 cm³/mol. The van der Waals surface area contributed by atoms with Gasteiger partial charge >= 0.3 is 0 Å². The molecule has 35 heavy (non-hydrogen) atoms. The fourth-order valence-electron chi connectivity index (χ4n) is 3.91. The summed E-state index contributed by atoms with van der Waals surface area (Å²) in [4.78, 5) is 51.0. The zero-order valence-electron chi connectivity index (χ0n) is 19.1. The van der Waals surface area contributed by atoms with Crippen LogP contribution in [0.5, 0.6) is 0 Å². The molecule has 0 atom stereocenters. The number of nitrogens with one attached hydrogen (secondary N) is 2. The van der Waals surface area contributed by atoms with E-state index >= 15 is 0 Å². The van der Waals surface area contributed by atoms with Crippen molar-refractivity contribution in [2.45, 2.75) is 13.0 Å². The third kappa shape index (κ3) is 4.28. The fourth-order valence-corrected chi connectivity index (χ4v) is 3.91. The van der Waals surface area contributed by atoms with Gasteiger partial charge in [0.1, 0.15) is 29.7 Å². The Balaban J connectivity index is 1.43. The Kier molecular flexibility index (Phi) is 5.40. The zero-order chi connectivity index (χ0) is 24.7. The molecule has 2 amide bonds. The van der Waals surface area contributed by atoms with Gasteiger partial charge in [0.05, 0.1) is 0 Å². The molecule has 4 aromatic heterocycles. The van der Waals surface area contributed by atoms with Crippen molar-refractivity contribution in [3.05, 3.63) is 64.3 Å². The van der Waals surface area contributed by atoms with E-state index < -0.39 is 5.91 Å². The third-order valence-electron chi connectivity index (χ3n) is 5.92. The number of H-pyrrole nitrogens is 1. The quantitative estimate of drug-likeness (QED) is 0.398. The van der Waals surface area contributed by atoms with E-state index in [-0.39, 0.29) is 29.5 Å². The molecule has 0 radical (unpaired) electrons. The Morgan fingerprint density at radius 1 is 1.20 bits per heavy atom. The van der Waals surface area contributed by atoms with Crippen molar-refractivity contribution in [1.82, 2.24) is 29.6 Å². The number of nitrogens with zero attached hydrogens (tertiary/aromatic N) is 6. The molecule has 4 N–H and O–H groups in total. The second kappa shape index (κ2) is 8.56. The number of aromatic amines is 1. The second-order valence-corrected chi connectivity index (χ2v) is 8.32. The largest absolute Gasteiger partial charge is 0.383 e. The van der Waals surface area contributed by atoms with Crippen LogP contribution in [0.2, 0.25) is 0 Å². The van der Waals surface area contributed by atoms with E-state index in [2.05, 4.69) is 25.4 Å². The normalized spacial score (nSPS) is 13.4. The highest BCUT2D eigenvalue weighted by Crippen LogP contribution is 2.25. The van der Waals surface area contributed by atoms with E-state index in [4.69, 9.17) is 5.73 Å². The number of anilines is 4. The lowest BCUT2D eigenvalue weighted by Gasteiger charge is -2.17. The van der Waals surface area contributed by atoms with E-state index in [1.165, 1.54) is 11.0 Å². The van der Waals surface area contributed by atoms with Crippen molar-refractivity contribution in [1.29, 1.82) is 0 Å². The fraction of sp³-hybridized carbons (Fsp3) is 0.217. The number of fused-ring (bicyclic) bond motifs is 2. The van der Waals surface area contributed by atoms with Crippen molar-refractivity contribution in [2.75, 3.05) is 36.6 Å². The van der Waals surface area contributed by atoms with Gasteiger partial charge in [0.25, 0.3) is 5.91 Å². The van der Waals surface area contributed by atoms with E-state index in [0.29, 0.717) is 41.2 Å². The molecule has 0 saturated carbocycles. The van der Waals surface area contributed by atoms with Crippen molar-refractivity contribution >= 4 is 45.9 Å². The lowest BCUT2D eigenvalue weighted by molar-refractivity contribution is -0.130. The number of amides is 2. The number of carbonyl (C=O) groups excluding carboxylic acids is 2. The molecule has 1 aliphatic rings. The zero-order valence-corrected chi connectivity index (χ0v) is 19.1. The number of hydrogen-bond acceptors (Lipinski definition) is 8. The summed E-state index contributed by atoms with van der Waals surface area (Å²) in [6.07, 6.45) is 2.28. The van der Waals surface area contributed by atoms with Gasteiger partial charge in [0.15, 0.2) is 5.82 Å². The van der Waals surface area contributed by atoms with Crippen LogP contribution in [-0.4, -0.2) is 62.1 Å². The SMILES string of the molecule is CN1CCc2cc(Nc3cc4cc(C(=O)N(C)c5cccc(=O)[nH]5)nc(N)c4cn3)nn2CC1=O. The summed E-state index contributed by atoms with van der Waals surface area (Å²) < 4.78 is 1.69. The minimum atomic E-state index is -0.431. The van der Waals surface area contributed by atoms with Crippen molar-refractivity contribution < 1.29 is 9.59 Å². The molecule has 0 bridgehead atoms. The number of carbonyl (C=O) groups is 2. The summed E-state index contributed by atoms with van der Waals surface area (Å²) in [5, 5.41) is 8.90. The number of nitrogens with two attached hydrogens (primary N) is 1. The summed E-state index contributed by atoms with van der Waals surface area (Å²) in [6, 6.07) is 9.81. The molecule has 1 aliphatic heterocycles. The Morgan fingerprint density at radius 3 is 2.83 bits per heavy atom. The summed E-state index contributed by atoms with van der Waals surface area (Å²) in [5.41, 5.74) is 6.87. The van der Waals surface area contributed by atoms with E-state index in [1.807, 2.05) is 6.07 Å². The lowest BCUT2D eigenvalue weighted by Crippen LogP contribution is -2.29. The second-order valence-electron chi connectivity index (χ2n) is 8.32. The third-order valence-corrected chi connectivity index (χ3v) is 5.92. The summed E-state index contributed by atoms with van der Waals surface area (Å²) >= 11 is 0. The molecule has 0 spiro atoms. The smallest absolute Gasteiger partial charge is 0.277 e. The molecular weight excluding hydrogens is 450 g/mol. The number of aromatic nitrogens is 5. The van der Waals surface area contributed by atoms with Crippen LogP contribution in [0.3, 0.4) is 0 Å². The van der Waals surface area contributed by atoms with Crippen molar-refractivity contribution in [3.63, 3.8) is 0 Å². The number of rotatable bonds is 4. The summed E-state index contributed by atoms with van der Waals surface area (Å²) in [7, 11) is 3.32. The Bertz CT molecular complexity index is 1520. The molecule has 0 saturated heterocycles. The molecule has 12 heteroatoms. The Hall–Kier alpha value is -4.74. The number of nitrogen functional groups attached to an aromatic ring is 1. The maximum absolute atomic E-state index is 13.0. The minimum absolute atomic E-state index is 0.00643. The number of likely N-dealkylation sites (N-methyl/N-ethyl adjacent to an activating group) is 1. The van der Waals surface area contributed by atoms with Crippen LogP contribution >= 0.6 is 0 Å². The van der Waals surface area contributed by atoms with Gasteiger partial charge in [0.2, 0.25) is 11.5 Å². The molecule has 12 nitrogen and oxygen atoms in total. The van der Waals surface area contributed by atoms with Gasteiger partial charge in [-0.05, 0) is 23.6 Å². The first-order chi connectivity index (χ1) is 16.8. The van der Waals surface area contributed by atoms with Gasteiger partial charge in [0, 0.05) is 56.5 Å². The van der Waals surface area contributed by atoms with E-state index in [0.717, 1.165) is 5.69 Å². The highest BCUT2D eigenvalue weighted by atomic mass is 16.2. The first kappa shape index (κ1) is 22.1. The monoisotopic (exact) mass is 473 g/mol. The Labute approximate surface area is 199 Å². The van der Waals surface area contributed by atoms with Crippen molar-refractivity contribution in [2.24, 2.45) is 0 Å². The maximum atomic E-state index is 13.0. The number of hydrogen-bond donors (Lipinski definition) is 3. The molecule has 178 valence electrons. The van der Waals surface area contributed by atoms with E-state index in [1.54, 1.807) is 54.1 Å². The van der Waals surface area contributed by atoms with Crippen LogP contribution < -0.4 is 21.5 Å². The van der Waals surface area contributed by atoms with Gasteiger partial charge in [-0.1, -0.05) is 6.07 Å². The maximum Gasteiger partial charge on any atom is 0.277 e. The molecule has 5 heterocycles. The highest BCUT2D eigenvalue weighted by molar-refractivity contribution is 6.07. The van der Waals surface area contributed by atoms with Crippen LogP contribution in [-0.2, 0) is 17.8 Å². The molecule has 0 aromatic carbocycles. The van der Waals surface area contributed by atoms with Gasteiger partial charge in [-0.3, -0.25) is 24.0 Å². The Morgan fingerprint density at radius 2 is 2.03 bits per heavy atom. The first-order valence-corrected chi connectivity index (χ1v) is 10.9. The molecule has 0 aliphatic carbocycles. The molecular formula is C23H23N9O3. The molecule has 0 fully saturated rings. The van der Waals surface area contributed by atoms with E-state index in [9.17, 15) is 14.4 Å². The highest BCUT2D eigenvalue weighted by Gasteiger charge is 2.20. The van der Waals surface area contributed by atoms with Crippen LogP contribution in [0.4, 0.5) is 23.3 Å². The standard InChI is InChI=1S/C23H23N9O3/c1-30-7-6-14-10-18(29-32(14)12-21(30)34)27-17-9-13-8-16(26-22(24)15(13)11-25-17)23(35)31(2)19-4-3-5-20(33)28-19/h3-5,8-11H,6-7,12H2,1-2H3,(H2,24,26)(H,28,33)(H,25,27,29). The van der Waals surface area contributed by atoms with Crippen LogP contribution in [0.25, 0.3) is 10.8 Å². The van der Waals surface area contributed by atoms with Gasteiger partial charge in [-0.2, -0.15) is 5.10 Å².